The first kappa shape index (κ1) is 15.8. The zero-order valence-electron chi connectivity index (χ0n) is 14.0. The van der Waals surface area contributed by atoms with E-state index in [-0.39, 0.29) is 5.91 Å². The first-order chi connectivity index (χ1) is 11.5. The number of nitrogens with one attached hydrogen (secondary N) is 1. The highest BCUT2D eigenvalue weighted by Crippen LogP contribution is 2.18. The number of aromatic nitrogens is 2. The second-order valence-corrected chi connectivity index (χ2v) is 5.83. The predicted molar refractivity (Wildman–Crippen MR) is 97.0 cm³/mol. The van der Waals surface area contributed by atoms with E-state index in [0.29, 0.717) is 5.56 Å². The Morgan fingerprint density at radius 1 is 1.08 bits per heavy atom. The molecule has 3 rings (SSSR count). The van der Waals surface area contributed by atoms with Gasteiger partial charge in [-0.3, -0.25) is 4.79 Å². The normalized spacial score (nSPS) is 10.5. The molecule has 1 heterocycles. The first-order valence-electron chi connectivity index (χ1n) is 7.74. The van der Waals surface area contributed by atoms with Gasteiger partial charge in [0.1, 0.15) is 0 Å². The van der Waals surface area contributed by atoms with Crippen molar-refractivity contribution < 1.29 is 4.79 Å². The highest BCUT2D eigenvalue weighted by Gasteiger charge is 2.09. The number of aryl methyl sites for hydroxylation is 1. The number of nitrogens with zero attached hydrogens (tertiary/aromatic N) is 3. The Kier molecular flexibility index (Phi) is 4.33. The molecule has 24 heavy (non-hydrogen) atoms. The highest BCUT2D eigenvalue weighted by molar-refractivity contribution is 6.04. The second kappa shape index (κ2) is 6.58. The minimum Gasteiger partial charge on any atom is -0.378 e. The molecule has 122 valence electrons. The second-order valence-electron chi connectivity index (χ2n) is 5.83. The maximum atomic E-state index is 12.5. The molecule has 0 aliphatic rings. The average Bonchev–Trinajstić information content (AvgIpc) is 3.01. The third-order valence-electron chi connectivity index (χ3n) is 3.81. The number of carbonyl (C=O) groups is 1. The molecule has 0 saturated heterocycles. The number of benzene rings is 2. The van der Waals surface area contributed by atoms with Crippen molar-refractivity contribution in [1.29, 1.82) is 0 Å². The molecule has 1 N–H and O–H groups in total. The van der Waals surface area contributed by atoms with Crippen LogP contribution < -0.4 is 10.2 Å². The standard InChI is InChI=1S/C19H20N4O/c1-14-10-11-20-23(14)18-9-5-7-16(13-18)21-19(24)15-6-4-8-17(12-15)22(2)3/h4-13H,1-3H3,(H,21,24). The van der Waals surface area contributed by atoms with Crippen LogP contribution in [0.2, 0.25) is 0 Å². The summed E-state index contributed by atoms with van der Waals surface area (Å²) < 4.78 is 1.84. The van der Waals surface area contributed by atoms with Crippen LogP contribution in [0.25, 0.3) is 5.69 Å². The molecule has 0 spiro atoms. The van der Waals surface area contributed by atoms with Gasteiger partial charge in [0.25, 0.3) is 5.91 Å². The summed E-state index contributed by atoms with van der Waals surface area (Å²) in [5.41, 5.74) is 4.31. The van der Waals surface area contributed by atoms with Gasteiger partial charge in [-0.2, -0.15) is 5.10 Å². The minimum absolute atomic E-state index is 0.131. The molecular weight excluding hydrogens is 300 g/mol. The molecule has 0 atom stereocenters. The van der Waals surface area contributed by atoms with Crippen molar-refractivity contribution in [3.63, 3.8) is 0 Å². The van der Waals surface area contributed by atoms with Crippen LogP contribution in [0.4, 0.5) is 11.4 Å². The van der Waals surface area contributed by atoms with E-state index in [2.05, 4.69) is 10.4 Å². The van der Waals surface area contributed by atoms with Crippen molar-refractivity contribution in [2.75, 3.05) is 24.3 Å². The van der Waals surface area contributed by atoms with Crippen LogP contribution in [0.1, 0.15) is 16.1 Å². The summed E-state index contributed by atoms with van der Waals surface area (Å²) in [5, 5.41) is 7.24. The van der Waals surface area contributed by atoms with Gasteiger partial charge >= 0.3 is 0 Å². The number of hydrogen-bond donors (Lipinski definition) is 1. The largest absolute Gasteiger partial charge is 0.378 e. The molecule has 1 aromatic heterocycles. The molecule has 0 saturated carbocycles. The Morgan fingerprint density at radius 2 is 1.88 bits per heavy atom. The Balaban J connectivity index is 1.82. The molecular formula is C19H20N4O. The third-order valence-corrected chi connectivity index (χ3v) is 3.81. The van der Waals surface area contributed by atoms with Crippen molar-refractivity contribution >= 4 is 17.3 Å². The van der Waals surface area contributed by atoms with E-state index in [9.17, 15) is 4.79 Å². The van der Waals surface area contributed by atoms with Crippen molar-refractivity contribution in [3.8, 4) is 5.69 Å². The van der Waals surface area contributed by atoms with E-state index in [4.69, 9.17) is 0 Å². The van der Waals surface area contributed by atoms with Gasteiger partial charge in [0.05, 0.1) is 5.69 Å². The number of rotatable bonds is 4. The highest BCUT2D eigenvalue weighted by atomic mass is 16.1. The van der Waals surface area contributed by atoms with Gasteiger partial charge < -0.3 is 10.2 Å². The van der Waals surface area contributed by atoms with Crippen LogP contribution in [-0.4, -0.2) is 29.8 Å². The van der Waals surface area contributed by atoms with Crippen molar-refractivity contribution in [3.05, 3.63) is 72.1 Å². The van der Waals surface area contributed by atoms with E-state index >= 15 is 0 Å². The van der Waals surface area contributed by atoms with E-state index in [1.54, 1.807) is 6.20 Å². The smallest absolute Gasteiger partial charge is 0.255 e. The summed E-state index contributed by atoms with van der Waals surface area (Å²) in [7, 11) is 3.90. The lowest BCUT2D eigenvalue weighted by Gasteiger charge is -2.14. The van der Waals surface area contributed by atoms with Crippen molar-refractivity contribution in [1.82, 2.24) is 9.78 Å². The molecule has 2 aromatic carbocycles. The molecule has 5 heteroatoms. The lowest BCUT2D eigenvalue weighted by atomic mass is 10.1. The molecule has 0 aliphatic heterocycles. The van der Waals surface area contributed by atoms with Gasteiger partial charge in [-0.1, -0.05) is 12.1 Å². The van der Waals surface area contributed by atoms with Gasteiger partial charge in [0, 0.05) is 42.9 Å². The molecule has 1 amide bonds. The van der Waals surface area contributed by atoms with Gasteiger partial charge in [-0.15, -0.1) is 0 Å². The van der Waals surface area contributed by atoms with Crippen LogP contribution in [0.3, 0.4) is 0 Å². The van der Waals surface area contributed by atoms with Gasteiger partial charge in [0.15, 0.2) is 0 Å². The van der Waals surface area contributed by atoms with Gasteiger partial charge in [-0.25, -0.2) is 4.68 Å². The van der Waals surface area contributed by atoms with Gasteiger partial charge in [-0.05, 0) is 49.4 Å². The Hall–Kier alpha value is -3.08. The number of hydrogen-bond acceptors (Lipinski definition) is 3. The number of amides is 1. The van der Waals surface area contributed by atoms with E-state index < -0.39 is 0 Å². The first-order valence-corrected chi connectivity index (χ1v) is 7.74. The topological polar surface area (TPSA) is 50.2 Å². The average molecular weight is 320 g/mol. The summed E-state index contributed by atoms with van der Waals surface area (Å²) in [4.78, 5) is 14.5. The fraction of sp³-hybridized carbons (Fsp3) is 0.158. The zero-order valence-corrected chi connectivity index (χ0v) is 14.0. The maximum Gasteiger partial charge on any atom is 0.255 e. The van der Waals surface area contributed by atoms with Crippen LogP contribution in [0.5, 0.6) is 0 Å². The summed E-state index contributed by atoms with van der Waals surface area (Å²) in [6.07, 6.45) is 1.76. The lowest BCUT2D eigenvalue weighted by Crippen LogP contribution is -2.14. The summed E-state index contributed by atoms with van der Waals surface area (Å²) in [6, 6.07) is 17.1. The molecule has 0 fully saturated rings. The van der Waals surface area contributed by atoms with Crippen LogP contribution in [0, 0.1) is 6.92 Å². The molecule has 0 aliphatic carbocycles. The van der Waals surface area contributed by atoms with Crippen molar-refractivity contribution in [2.45, 2.75) is 6.92 Å². The van der Waals surface area contributed by atoms with E-state index in [1.165, 1.54) is 0 Å². The predicted octanol–water partition coefficient (Wildman–Crippen LogP) is 3.50. The number of anilines is 2. The molecule has 0 unspecified atom stereocenters. The molecule has 0 radical (unpaired) electrons. The monoisotopic (exact) mass is 320 g/mol. The van der Waals surface area contributed by atoms with Crippen molar-refractivity contribution in [2.24, 2.45) is 0 Å². The van der Waals surface area contributed by atoms with E-state index in [1.807, 2.05) is 85.2 Å². The van der Waals surface area contributed by atoms with Crippen LogP contribution in [0.15, 0.2) is 60.8 Å². The number of carbonyl (C=O) groups excluding carboxylic acids is 1. The Morgan fingerprint density at radius 3 is 2.58 bits per heavy atom. The summed E-state index contributed by atoms with van der Waals surface area (Å²) >= 11 is 0. The fourth-order valence-electron chi connectivity index (χ4n) is 2.48. The summed E-state index contributed by atoms with van der Waals surface area (Å²) in [6.45, 7) is 1.99. The molecule has 0 bridgehead atoms. The minimum atomic E-state index is -0.131. The van der Waals surface area contributed by atoms with Crippen LogP contribution >= 0.6 is 0 Å². The van der Waals surface area contributed by atoms with Gasteiger partial charge in [0.2, 0.25) is 0 Å². The lowest BCUT2D eigenvalue weighted by molar-refractivity contribution is 0.102. The molecule has 5 nitrogen and oxygen atoms in total. The maximum absolute atomic E-state index is 12.5. The Bertz CT molecular complexity index is 867. The quantitative estimate of drug-likeness (QED) is 0.800. The third kappa shape index (κ3) is 3.30. The summed E-state index contributed by atoms with van der Waals surface area (Å²) in [5.74, 6) is -0.131. The van der Waals surface area contributed by atoms with Crippen LogP contribution in [-0.2, 0) is 0 Å². The van der Waals surface area contributed by atoms with E-state index in [0.717, 1.165) is 22.8 Å². The molecule has 3 aromatic rings. The Labute approximate surface area is 141 Å². The zero-order chi connectivity index (χ0) is 17.1. The fourth-order valence-corrected chi connectivity index (χ4v) is 2.48. The SMILES string of the molecule is Cc1ccnn1-c1cccc(NC(=O)c2cccc(N(C)C)c2)c1.